The molecular formula is C31H36Cl2N4O3. The molecule has 0 bridgehead atoms. The minimum absolute atomic E-state index is 0. The van der Waals surface area contributed by atoms with Crippen molar-refractivity contribution in [2.45, 2.75) is 32.4 Å². The smallest absolute Gasteiger partial charge is 0.258 e. The first-order valence-electron chi connectivity index (χ1n) is 13.4. The van der Waals surface area contributed by atoms with Crippen LogP contribution < -0.4 is 10.3 Å². The maximum Gasteiger partial charge on any atom is 0.258 e. The molecule has 1 fully saturated rings. The molecule has 0 unspecified atom stereocenters. The molecule has 1 aliphatic rings. The first kappa shape index (κ1) is 31.1. The van der Waals surface area contributed by atoms with Crippen LogP contribution in [0.25, 0.3) is 10.8 Å². The third-order valence-electron chi connectivity index (χ3n) is 7.08. The zero-order chi connectivity index (χ0) is 26.2. The van der Waals surface area contributed by atoms with Gasteiger partial charge in [-0.25, -0.2) is 0 Å². The van der Waals surface area contributed by atoms with Crippen molar-refractivity contribution < 1.29 is 9.53 Å². The maximum atomic E-state index is 12.9. The summed E-state index contributed by atoms with van der Waals surface area (Å²) in [6, 6.07) is 21.2. The Kier molecular flexibility index (Phi) is 12.0. The third-order valence-corrected chi connectivity index (χ3v) is 7.08. The van der Waals surface area contributed by atoms with Crippen LogP contribution in [0.15, 0.2) is 90.1 Å². The number of amides is 1. The molecule has 4 aromatic rings. The third kappa shape index (κ3) is 8.07. The number of rotatable bonds is 11. The fourth-order valence-electron chi connectivity index (χ4n) is 4.95. The van der Waals surface area contributed by atoms with Gasteiger partial charge < -0.3 is 14.2 Å². The number of halogens is 2. The Morgan fingerprint density at radius 1 is 0.900 bits per heavy atom. The number of hydrogen-bond acceptors (Lipinski definition) is 5. The van der Waals surface area contributed by atoms with Crippen molar-refractivity contribution in [3.8, 4) is 5.75 Å². The van der Waals surface area contributed by atoms with Gasteiger partial charge in [0.15, 0.2) is 0 Å². The fourth-order valence-corrected chi connectivity index (χ4v) is 4.95. The largest absolute Gasteiger partial charge is 0.494 e. The molecular weight excluding hydrogens is 547 g/mol. The van der Waals surface area contributed by atoms with Crippen molar-refractivity contribution in [1.29, 1.82) is 0 Å². The molecule has 40 heavy (non-hydrogen) atoms. The molecule has 0 saturated carbocycles. The molecule has 7 nitrogen and oxygen atoms in total. The average molecular weight is 584 g/mol. The Hall–Kier alpha value is -3.39. The van der Waals surface area contributed by atoms with E-state index in [-0.39, 0.29) is 36.3 Å². The lowest BCUT2D eigenvalue weighted by Gasteiger charge is -2.23. The molecule has 0 radical (unpaired) electrons. The van der Waals surface area contributed by atoms with Gasteiger partial charge in [-0.05, 0) is 78.7 Å². The van der Waals surface area contributed by atoms with Crippen LogP contribution in [0.2, 0.25) is 0 Å². The summed E-state index contributed by atoms with van der Waals surface area (Å²) in [5.74, 6) is 0.873. The lowest BCUT2D eigenvalue weighted by atomic mass is 10.2. The van der Waals surface area contributed by atoms with Gasteiger partial charge in [-0.1, -0.05) is 18.2 Å². The average Bonchev–Trinajstić information content (AvgIpc) is 3.51. The summed E-state index contributed by atoms with van der Waals surface area (Å²) in [6.07, 6.45) is 8.52. The highest BCUT2D eigenvalue weighted by Crippen LogP contribution is 2.17. The molecule has 212 valence electrons. The lowest BCUT2D eigenvalue weighted by molar-refractivity contribution is 0.0793. The second-order valence-corrected chi connectivity index (χ2v) is 9.76. The van der Waals surface area contributed by atoms with E-state index in [9.17, 15) is 9.59 Å². The van der Waals surface area contributed by atoms with Gasteiger partial charge in [0.25, 0.3) is 11.5 Å². The highest BCUT2D eigenvalue weighted by molar-refractivity contribution is 5.94. The van der Waals surface area contributed by atoms with Crippen LogP contribution in [0.1, 0.15) is 35.2 Å². The number of benzene rings is 2. The number of nitrogens with zero attached hydrogens (tertiary/aromatic N) is 4. The maximum absolute atomic E-state index is 12.9. The minimum Gasteiger partial charge on any atom is -0.494 e. The molecule has 1 amide bonds. The van der Waals surface area contributed by atoms with E-state index in [1.54, 1.807) is 4.57 Å². The van der Waals surface area contributed by atoms with Crippen molar-refractivity contribution in [1.82, 2.24) is 19.4 Å². The molecule has 0 spiro atoms. The monoisotopic (exact) mass is 582 g/mol. The predicted molar refractivity (Wildman–Crippen MR) is 164 cm³/mol. The van der Waals surface area contributed by atoms with Crippen LogP contribution >= 0.6 is 24.8 Å². The van der Waals surface area contributed by atoms with Gasteiger partial charge in [0.2, 0.25) is 0 Å². The normalized spacial score (nSPS) is 12.7. The van der Waals surface area contributed by atoms with Crippen LogP contribution in [0.3, 0.4) is 0 Å². The van der Waals surface area contributed by atoms with Crippen LogP contribution in [0.4, 0.5) is 0 Å². The van der Waals surface area contributed by atoms with Gasteiger partial charge in [0.05, 0.1) is 6.61 Å². The summed E-state index contributed by atoms with van der Waals surface area (Å²) in [5, 5.41) is 1.71. The van der Waals surface area contributed by atoms with Crippen LogP contribution in [0.5, 0.6) is 5.75 Å². The standard InChI is InChI=1S/C31H34N4O3.2ClH/c36-30(34-18-3-4-19-34)27-8-10-28(11-9-27)38-23-5-17-33(24-25-12-15-32-16-13-25)21-22-35-20-14-26-6-1-2-7-29(26)31(35)37;;/h1-2,6-16,20H,3-5,17-19,21-24H2;2*1H. The Morgan fingerprint density at radius 2 is 1.62 bits per heavy atom. The van der Waals surface area contributed by atoms with Crippen LogP contribution in [-0.4, -0.2) is 58.0 Å². The van der Waals surface area contributed by atoms with Crippen LogP contribution in [-0.2, 0) is 13.1 Å². The Bertz CT molecular complexity index is 1410. The highest BCUT2D eigenvalue weighted by Gasteiger charge is 2.19. The van der Waals surface area contributed by atoms with Crippen molar-refractivity contribution >= 4 is 41.5 Å². The molecule has 0 atom stereocenters. The SMILES string of the molecule is Cl.Cl.O=C(c1ccc(OCCCN(CCn2ccc3ccccc3c2=O)Cc2ccncc2)cc1)N1CCCC1. The summed E-state index contributed by atoms with van der Waals surface area (Å²) in [6.45, 7) is 5.23. The second-order valence-electron chi connectivity index (χ2n) is 9.76. The highest BCUT2D eigenvalue weighted by atomic mass is 35.5. The summed E-state index contributed by atoms with van der Waals surface area (Å²) >= 11 is 0. The van der Waals surface area contributed by atoms with E-state index in [4.69, 9.17) is 4.74 Å². The van der Waals surface area contributed by atoms with E-state index < -0.39 is 0 Å². The van der Waals surface area contributed by atoms with Crippen molar-refractivity contribution in [2.24, 2.45) is 0 Å². The molecule has 9 heteroatoms. The predicted octanol–water partition coefficient (Wildman–Crippen LogP) is 5.45. The Balaban J connectivity index is 0.00000220. The number of fused-ring (bicyclic) bond motifs is 1. The van der Waals surface area contributed by atoms with E-state index in [0.717, 1.165) is 68.5 Å². The van der Waals surface area contributed by atoms with Crippen molar-refractivity contribution in [3.05, 3.63) is 107 Å². The van der Waals surface area contributed by atoms with Gasteiger partial charge in [-0.15, -0.1) is 24.8 Å². The molecule has 1 aliphatic heterocycles. The van der Waals surface area contributed by atoms with Crippen molar-refractivity contribution in [3.63, 3.8) is 0 Å². The number of carbonyl (C=O) groups is 1. The van der Waals surface area contributed by atoms with Crippen molar-refractivity contribution in [2.75, 3.05) is 32.8 Å². The fraction of sp³-hybridized carbons (Fsp3) is 0.323. The number of likely N-dealkylation sites (tertiary alicyclic amines) is 1. The first-order valence-corrected chi connectivity index (χ1v) is 13.4. The Morgan fingerprint density at radius 3 is 2.38 bits per heavy atom. The second kappa shape index (κ2) is 15.4. The molecule has 5 rings (SSSR count). The van der Waals surface area contributed by atoms with Gasteiger partial charge in [0, 0.05) is 68.8 Å². The minimum atomic E-state index is 0. The summed E-state index contributed by atoms with van der Waals surface area (Å²) < 4.78 is 7.78. The molecule has 0 aliphatic carbocycles. The van der Waals surface area contributed by atoms with E-state index in [2.05, 4.69) is 9.88 Å². The number of ether oxygens (including phenoxy) is 1. The van der Waals surface area contributed by atoms with E-state index >= 15 is 0 Å². The summed E-state index contributed by atoms with van der Waals surface area (Å²) in [4.78, 5) is 33.9. The number of pyridine rings is 2. The molecule has 2 aromatic heterocycles. The molecule has 1 saturated heterocycles. The van der Waals surface area contributed by atoms with E-state index in [1.165, 1.54) is 5.56 Å². The zero-order valence-electron chi connectivity index (χ0n) is 22.5. The molecule has 3 heterocycles. The number of hydrogen-bond donors (Lipinski definition) is 0. The van der Waals surface area contributed by atoms with Gasteiger partial charge in [0.1, 0.15) is 5.75 Å². The van der Waals surface area contributed by atoms with Gasteiger partial charge in [-0.3, -0.25) is 19.5 Å². The van der Waals surface area contributed by atoms with Crippen LogP contribution in [0, 0.1) is 0 Å². The summed E-state index contributed by atoms with van der Waals surface area (Å²) in [5.41, 5.74) is 1.94. The van der Waals surface area contributed by atoms with E-state index in [1.807, 2.05) is 90.2 Å². The summed E-state index contributed by atoms with van der Waals surface area (Å²) in [7, 11) is 0. The van der Waals surface area contributed by atoms with Gasteiger partial charge in [-0.2, -0.15) is 0 Å². The zero-order valence-corrected chi connectivity index (χ0v) is 24.1. The topological polar surface area (TPSA) is 67.7 Å². The molecule has 0 N–H and O–H groups in total. The van der Waals surface area contributed by atoms with Gasteiger partial charge >= 0.3 is 0 Å². The van der Waals surface area contributed by atoms with E-state index in [0.29, 0.717) is 18.7 Å². The molecule has 2 aromatic carbocycles. The lowest BCUT2D eigenvalue weighted by Crippen LogP contribution is -2.32. The quantitative estimate of drug-likeness (QED) is 0.220. The number of aromatic nitrogens is 2. The number of carbonyl (C=O) groups excluding carboxylic acids is 1. The first-order chi connectivity index (χ1) is 18.7. The Labute approximate surface area is 247 Å².